The van der Waals surface area contributed by atoms with Crippen LogP contribution >= 0.6 is 0 Å². The molecule has 0 radical (unpaired) electrons. The number of fused-ring (bicyclic) bond motifs is 1. The van der Waals surface area contributed by atoms with Crippen LogP contribution in [0.2, 0.25) is 0 Å². The van der Waals surface area contributed by atoms with E-state index in [0.717, 1.165) is 16.7 Å². The van der Waals surface area contributed by atoms with Gasteiger partial charge in [0, 0.05) is 12.6 Å². The molecule has 0 saturated carbocycles. The number of aryl methyl sites for hydroxylation is 3. The summed E-state index contributed by atoms with van der Waals surface area (Å²) in [6.07, 6.45) is 0. The lowest BCUT2D eigenvalue weighted by Gasteiger charge is -2.30. The van der Waals surface area contributed by atoms with Gasteiger partial charge >= 0.3 is 0 Å². The van der Waals surface area contributed by atoms with Gasteiger partial charge in [-0.3, -0.25) is 9.59 Å². The summed E-state index contributed by atoms with van der Waals surface area (Å²) in [5.41, 5.74) is 4.91. The lowest BCUT2D eigenvalue weighted by molar-refractivity contribution is -0.119. The number of Topliss-reactive ketones (excluding diaryl/α,β-unsaturated/α-hetero) is 1. The molecule has 0 bridgehead atoms. The van der Waals surface area contributed by atoms with Crippen molar-refractivity contribution in [3.05, 3.63) is 64.5 Å². The zero-order chi connectivity index (χ0) is 20.7. The van der Waals surface area contributed by atoms with Gasteiger partial charge in [0.15, 0.2) is 5.78 Å². The van der Waals surface area contributed by atoms with E-state index in [1.165, 1.54) is 4.90 Å². The third kappa shape index (κ3) is 3.12. The minimum Gasteiger partial charge on any atom is -0.314 e. The average Bonchev–Trinajstić information content (AvgIpc) is 3.22. The lowest BCUT2D eigenvalue weighted by atomic mass is 9.86. The van der Waals surface area contributed by atoms with Crippen molar-refractivity contribution in [3.8, 4) is 0 Å². The third-order valence-corrected chi connectivity index (χ3v) is 5.09. The lowest BCUT2D eigenvalue weighted by Crippen LogP contribution is -2.46. The molecule has 146 valence electrons. The predicted molar refractivity (Wildman–Crippen MR) is 109 cm³/mol. The van der Waals surface area contributed by atoms with E-state index < -0.39 is 5.92 Å². The molecular weight excluding hydrogens is 368 g/mol. The Morgan fingerprint density at radius 3 is 2.45 bits per heavy atom. The van der Waals surface area contributed by atoms with Gasteiger partial charge in [-0.25, -0.2) is 4.99 Å². The Balaban J connectivity index is 1.93. The maximum atomic E-state index is 13.3. The molecule has 8 heteroatoms. The first kappa shape index (κ1) is 18.7. The predicted octanol–water partition coefficient (Wildman–Crippen LogP) is 2.72. The van der Waals surface area contributed by atoms with E-state index in [1.54, 1.807) is 31.3 Å². The van der Waals surface area contributed by atoms with Gasteiger partial charge < -0.3 is 4.90 Å². The van der Waals surface area contributed by atoms with E-state index in [-0.39, 0.29) is 23.2 Å². The maximum absolute atomic E-state index is 13.3. The SMILES string of the molecule is Cc1cc(C)c(N=C(c2nn[nH]n2)C2C(=O)c3ccccc3N(C)C2=O)c(C)c1. The molecule has 1 aromatic heterocycles. The molecule has 0 spiro atoms. The van der Waals surface area contributed by atoms with Gasteiger partial charge in [-0.05, 0) is 49.2 Å². The van der Waals surface area contributed by atoms with Crippen molar-refractivity contribution in [3.63, 3.8) is 0 Å². The highest BCUT2D eigenvalue weighted by Gasteiger charge is 2.42. The van der Waals surface area contributed by atoms with Gasteiger partial charge in [0.1, 0.15) is 11.6 Å². The van der Waals surface area contributed by atoms with Crippen LogP contribution in [0.4, 0.5) is 11.4 Å². The summed E-state index contributed by atoms with van der Waals surface area (Å²) < 4.78 is 0. The summed E-state index contributed by atoms with van der Waals surface area (Å²) in [7, 11) is 1.65. The Morgan fingerprint density at radius 2 is 1.79 bits per heavy atom. The number of aliphatic imine (C=N–C) groups is 1. The molecule has 1 amide bonds. The number of aromatic nitrogens is 4. The number of carbonyl (C=O) groups is 2. The van der Waals surface area contributed by atoms with Crippen molar-refractivity contribution >= 4 is 28.8 Å². The normalized spacial score (nSPS) is 16.9. The van der Waals surface area contributed by atoms with Crippen LogP contribution in [0.3, 0.4) is 0 Å². The number of benzene rings is 2. The number of amides is 1. The summed E-state index contributed by atoms with van der Waals surface area (Å²) >= 11 is 0. The molecule has 8 nitrogen and oxygen atoms in total. The number of para-hydroxylation sites is 1. The van der Waals surface area contributed by atoms with E-state index in [2.05, 4.69) is 20.6 Å². The first-order chi connectivity index (χ1) is 13.9. The monoisotopic (exact) mass is 388 g/mol. The Bertz CT molecular complexity index is 1130. The Kier molecular flexibility index (Phi) is 4.54. The Morgan fingerprint density at radius 1 is 1.10 bits per heavy atom. The second-order valence-corrected chi connectivity index (χ2v) is 7.19. The average molecular weight is 388 g/mol. The van der Waals surface area contributed by atoms with Crippen molar-refractivity contribution in [2.24, 2.45) is 10.9 Å². The first-order valence-corrected chi connectivity index (χ1v) is 9.19. The molecule has 3 aromatic rings. The number of anilines is 1. The fraction of sp³-hybridized carbons (Fsp3) is 0.238. The van der Waals surface area contributed by atoms with Crippen molar-refractivity contribution in [1.82, 2.24) is 20.6 Å². The molecule has 2 aromatic carbocycles. The number of nitrogens with zero attached hydrogens (tertiary/aromatic N) is 5. The number of hydrogen-bond acceptors (Lipinski definition) is 6. The largest absolute Gasteiger partial charge is 0.314 e. The topological polar surface area (TPSA) is 104 Å². The summed E-state index contributed by atoms with van der Waals surface area (Å²) in [5, 5.41) is 14.0. The molecular formula is C21H20N6O2. The number of ketones is 1. The molecule has 1 aliphatic heterocycles. The van der Waals surface area contributed by atoms with Crippen LogP contribution in [-0.2, 0) is 4.79 Å². The minimum absolute atomic E-state index is 0.129. The number of tetrazole rings is 1. The van der Waals surface area contributed by atoms with Crippen LogP contribution in [0.1, 0.15) is 32.9 Å². The van der Waals surface area contributed by atoms with Gasteiger partial charge in [0.2, 0.25) is 11.7 Å². The molecule has 1 aliphatic rings. The summed E-state index contributed by atoms with van der Waals surface area (Å²) in [6, 6.07) is 11.0. The van der Waals surface area contributed by atoms with Crippen LogP contribution in [0.5, 0.6) is 0 Å². The van der Waals surface area contributed by atoms with Gasteiger partial charge in [-0.2, -0.15) is 5.21 Å². The van der Waals surface area contributed by atoms with Crippen LogP contribution in [-0.4, -0.2) is 45.1 Å². The van der Waals surface area contributed by atoms with Crippen LogP contribution in [0.15, 0.2) is 41.4 Å². The quantitative estimate of drug-likeness (QED) is 0.549. The van der Waals surface area contributed by atoms with E-state index in [0.29, 0.717) is 16.9 Å². The van der Waals surface area contributed by atoms with E-state index in [9.17, 15) is 9.59 Å². The van der Waals surface area contributed by atoms with Gasteiger partial charge in [-0.15, -0.1) is 10.2 Å². The van der Waals surface area contributed by atoms with Crippen molar-refractivity contribution in [2.45, 2.75) is 20.8 Å². The fourth-order valence-corrected chi connectivity index (χ4v) is 3.78. The van der Waals surface area contributed by atoms with Crippen molar-refractivity contribution in [1.29, 1.82) is 0 Å². The molecule has 0 saturated heterocycles. The summed E-state index contributed by atoms with van der Waals surface area (Å²) in [5.74, 6) is -1.72. The van der Waals surface area contributed by atoms with Crippen LogP contribution in [0, 0.1) is 26.7 Å². The summed E-state index contributed by atoms with van der Waals surface area (Å²) in [6.45, 7) is 5.89. The Labute approximate surface area is 167 Å². The van der Waals surface area contributed by atoms with E-state index in [4.69, 9.17) is 4.99 Å². The Hall–Kier alpha value is -3.68. The van der Waals surface area contributed by atoms with Crippen LogP contribution in [0.25, 0.3) is 0 Å². The molecule has 4 rings (SSSR count). The van der Waals surface area contributed by atoms with E-state index >= 15 is 0 Å². The highest BCUT2D eigenvalue weighted by molar-refractivity contribution is 6.34. The molecule has 1 atom stereocenters. The zero-order valence-corrected chi connectivity index (χ0v) is 16.6. The minimum atomic E-state index is -1.15. The second kappa shape index (κ2) is 7.05. The van der Waals surface area contributed by atoms with E-state index in [1.807, 2.05) is 32.9 Å². The molecule has 29 heavy (non-hydrogen) atoms. The van der Waals surface area contributed by atoms with Gasteiger partial charge in [0.05, 0.1) is 11.4 Å². The molecule has 2 heterocycles. The number of H-pyrrole nitrogens is 1. The second-order valence-electron chi connectivity index (χ2n) is 7.19. The standard InChI is InChI=1S/C21H20N6O2/c1-11-9-12(2)17(13(3)10-11)22-18(20-23-25-26-24-20)16-19(28)14-7-5-6-8-15(14)27(4)21(16)29/h5-10,16H,1-4H3,(H,23,24,25,26). The maximum Gasteiger partial charge on any atom is 0.243 e. The number of aromatic amines is 1. The van der Waals surface area contributed by atoms with Gasteiger partial charge in [-0.1, -0.05) is 29.8 Å². The van der Waals surface area contributed by atoms with Crippen molar-refractivity contribution < 1.29 is 9.59 Å². The molecule has 0 aliphatic carbocycles. The highest BCUT2D eigenvalue weighted by Crippen LogP contribution is 2.33. The number of hydrogen-bond donors (Lipinski definition) is 1. The van der Waals surface area contributed by atoms with Crippen molar-refractivity contribution in [2.75, 3.05) is 11.9 Å². The number of rotatable bonds is 3. The first-order valence-electron chi connectivity index (χ1n) is 9.19. The molecule has 1 unspecified atom stereocenters. The number of nitrogens with one attached hydrogen (secondary N) is 1. The fourth-order valence-electron chi connectivity index (χ4n) is 3.78. The summed E-state index contributed by atoms with van der Waals surface area (Å²) in [4.78, 5) is 32.7. The zero-order valence-electron chi connectivity index (χ0n) is 16.6. The highest BCUT2D eigenvalue weighted by atomic mass is 16.2. The third-order valence-electron chi connectivity index (χ3n) is 5.09. The number of carbonyl (C=O) groups excluding carboxylic acids is 2. The molecule has 1 N–H and O–H groups in total. The van der Waals surface area contributed by atoms with Crippen LogP contribution < -0.4 is 4.90 Å². The smallest absolute Gasteiger partial charge is 0.243 e. The molecule has 0 fully saturated rings. The van der Waals surface area contributed by atoms with Gasteiger partial charge in [0.25, 0.3) is 0 Å².